The molecule has 2 aliphatic rings. The SMILES string of the molecule is CN1CCN(c2ccc(N3CCN(C(=O)Cc4ccccc4F)CC3)cc2)CC1. The zero-order valence-electron chi connectivity index (χ0n) is 17.1. The second kappa shape index (κ2) is 8.82. The van der Waals surface area contributed by atoms with E-state index in [9.17, 15) is 9.18 Å². The number of hydrogen-bond donors (Lipinski definition) is 0. The predicted octanol–water partition coefficient (Wildman–Crippen LogP) is 2.47. The Kier molecular flexibility index (Phi) is 6.00. The van der Waals surface area contributed by atoms with Crippen LogP contribution in [0.4, 0.5) is 15.8 Å². The molecule has 0 saturated carbocycles. The quantitative estimate of drug-likeness (QED) is 0.794. The van der Waals surface area contributed by atoms with Crippen molar-refractivity contribution in [2.75, 3.05) is 69.2 Å². The smallest absolute Gasteiger partial charge is 0.227 e. The number of halogens is 1. The van der Waals surface area contributed by atoms with Crippen molar-refractivity contribution in [3.63, 3.8) is 0 Å². The van der Waals surface area contributed by atoms with E-state index in [-0.39, 0.29) is 18.1 Å². The van der Waals surface area contributed by atoms with Crippen LogP contribution in [0.5, 0.6) is 0 Å². The molecule has 2 saturated heterocycles. The minimum atomic E-state index is -0.306. The molecule has 0 aliphatic carbocycles. The average Bonchev–Trinajstić information content (AvgIpc) is 2.76. The third-order valence-electron chi connectivity index (χ3n) is 6.02. The highest BCUT2D eigenvalue weighted by Crippen LogP contribution is 2.23. The van der Waals surface area contributed by atoms with Gasteiger partial charge in [-0.25, -0.2) is 4.39 Å². The highest BCUT2D eigenvalue weighted by atomic mass is 19.1. The van der Waals surface area contributed by atoms with Gasteiger partial charge in [0, 0.05) is 63.7 Å². The van der Waals surface area contributed by atoms with Gasteiger partial charge < -0.3 is 19.6 Å². The molecule has 0 spiro atoms. The van der Waals surface area contributed by atoms with E-state index in [0.717, 1.165) is 39.3 Å². The monoisotopic (exact) mass is 396 g/mol. The standard InChI is InChI=1S/C23H29FN4O/c1-25-10-12-26(13-11-25)20-6-8-21(9-7-20)27-14-16-28(17-15-27)23(29)18-19-4-2-3-5-22(19)24/h2-9H,10-18H2,1H3. The van der Waals surface area contributed by atoms with Crippen molar-refractivity contribution in [2.45, 2.75) is 6.42 Å². The summed E-state index contributed by atoms with van der Waals surface area (Å²) in [6, 6.07) is 15.3. The van der Waals surface area contributed by atoms with E-state index in [2.05, 4.69) is 46.0 Å². The molecular formula is C23H29FN4O. The van der Waals surface area contributed by atoms with Gasteiger partial charge in [-0.1, -0.05) is 18.2 Å². The summed E-state index contributed by atoms with van der Waals surface area (Å²) < 4.78 is 13.8. The highest BCUT2D eigenvalue weighted by Gasteiger charge is 2.22. The minimum absolute atomic E-state index is 0.000152. The minimum Gasteiger partial charge on any atom is -0.369 e. The van der Waals surface area contributed by atoms with Gasteiger partial charge in [0.25, 0.3) is 0 Å². The van der Waals surface area contributed by atoms with E-state index in [4.69, 9.17) is 0 Å². The molecule has 1 amide bonds. The maximum Gasteiger partial charge on any atom is 0.227 e. The molecule has 2 aromatic rings. The molecule has 2 fully saturated rings. The Morgan fingerprint density at radius 3 is 1.86 bits per heavy atom. The largest absolute Gasteiger partial charge is 0.369 e. The molecule has 2 heterocycles. The van der Waals surface area contributed by atoms with Crippen molar-refractivity contribution >= 4 is 17.3 Å². The number of likely N-dealkylation sites (N-methyl/N-ethyl adjacent to an activating group) is 1. The lowest BCUT2D eigenvalue weighted by molar-refractivity contribution is -0.130. The summed E-state index contributed by atoms with van der Waals surface area (Å²) in [4.78, 5) is 21.5. The first-order valence-corrected chi connectivity index (χ1v) is 10.4. The summed E-state index contributed by atoms with van der Waals surface area (Å²) in [5, 5.41) is 0. The van der Waals surface area contributed by atoms with Gasteiger partial charge in [0.1, 0.15) is 5.82 Å². The van der Waals surface area contributed by atoms with E-state index in [1.54, 1.807) is 18.2 Å². The van der Waals surface area contributed by atoms with Crippen molar-refractivity contribution in [1.29, 1.82) is 0 Å². The summed E-state index contributed by atoms with van der Waals surface area (Å²) in [6.07, 6.45) is 0.131. The van der Waals surface area contributed by atoms with E-state index in [1.165, 1.54) is 17.4 Å². The van der Waals surface area contributed by atoms with Gasteiger partial charge in [0.05, 0.1) is 6.42 Å². The van der Waals surface area contributed by atoms with Gasteiger partial charge in [-0.2, -0.15) is 0 Å². The Labute approximate surface area is 172 Å². The fourth-order valence-electron chi connectivity index (χ4n) is 4.07. The zero-order valence-corrected chi connectivity index (χ0v) is 17.1. The first kappa shape index (κ1) is 19.7. The predicted molar refractivity (Wildman–Crippen MR) is 115 cm³/mol. The first-order chi connectivity index (χ1) is 14.1. The van der Waals surface area contributed by atoms with Crippen LogP contribution in [0.1, 0.15) is 5.56 Å². The molecule has 0 N–H and O–H groups in total. The van der Waals surface area contributed by atoms with Crippen LogP contribution in [0.2, 0.25) is 0 Å². The molecule has 2 aliphatic heterocycles. The zero-order chi connectivity index (χ0) is 20.2. The van der Waals surface area contributed by atoms with Gasteiger partial charge in [-0.15, -0.1) is 0 Å². The average molecular weight is 397 g/mol. The molecule has 5 nitrogen and oxygen atoms in total. The van der Waals surface area contributed by atoms with Crippen molar-refractivity contribution in [2.24, 2.45) is 0 Å². The molecule has 0 aromatic heterocycles. The lowest BCUT2D eigenvalue weighted by Crippen LogP contribution is -2.49. The Morgan fingerprint density at radius 1 is 0.793 bits per heavy atom. The van der Waals surface area contributed by atoms with E-state index < -0.39 is 0 Å². The van der Waals surface area contributed by atoms with Crippen LogP contribution in [-0.2, 0) is 11.2 Å². The van der Waals surface area contributed by atoms with E-state index in [1.807, 2.05) is 4.90 Å². The Balaban J connectivity index is 1.30. The fraction of sp³-hybridized carbons (Fsp3) is 0.435. The summed E-state index contributed by atoms with van der Waals surface area (Å²) in [6.45, 7) is 7.29. The van der Waals surface area contributed by atoms with Gasteiger partial charge in [-0.3, -0.25) is 4.79 Å². The number of nitrogens with zero attached hydrogens (tertiary/aromatic N) is 4. The molecule has 0 radical (unpaired) electrons. The van der Waals surface area contributed by atoms with E-state index >= 15 is 0 Å². The maximum atomic E-state index is 13.8. The lowest BCUT2D eigenvalue weighted by Gasteiger charge is -2.37. The summed E-state index contributed by atoms with van der Waals surface area (Å²) in [7, 11) is 2.17. The second-order valence-electron chi connectivity index (χ2n) is 7.94. The third-order valence-corrected chi connectivity index (χ3v) is 6.02. The fourth-order valence-corrected chi connectivity index (χ4v) is 4.07. The normalized spacial score (nSPS) is 18.2. The number of benzene rings is 2. The maximum absolute atomic E-state index is 13.8. The molecule has 2 aromatic carbocycles. The summed E-state index contributed by atoms with van der Waals surface area (Å²) in [5.74, 6) is -0.305. The molecule has 29 heavy (non-hydrogen) atoms. The Hall–Kier alpha value is -2.60. The van der Waals surface area contributed by atoms with Crippen LogP contribution in [0.3, 0.4) is 0 Å². The number of carbonyl (C=O) groups is 1. The molecule has 0 unspecified atom stereocenters. The van der Waals surface area contributed by atoms with E-state index in [0.29, 0.717) is 18.7 Å². The van der Waals surface area contributed by atoms with Gasteiger partial charge in [0.15, 0.2) is 0 Å². The van der Waals surface area contributed by atoms with Crippen molar-refractivity contribution < 1.29 is 9.18 Å². The lowest BCUT2D eigenvalue weighted by atomic mass is 10.1. The van der Waals surface area contributed by atoms with Crippen LogP contribution >= 0.6 is 0 Å². The second-order valence-corrected chi connectivity index (χ2v) is 7.94. The topological polar surface area (TPSA) is 30.0 Å². The molecule has 0 bridgehead atoms. The van der Waals surface area contributed by atoms with Crippen molar-refractivity contribution in [3.05, 3.63) is 59.9 Å². The van der Waals surface area contributed by atoms with Crippen LogP contribution in [0, 0.1) is 5.82 Å². The number of rotatable bonds is 4. The van der Waals surface area contributed by atoms with Crippen molar-refractivity contribution in [3.8, 4) is 0 Å². The van der Waals surface area contributed by atoms with Gasteiger partial charge in [-0.05, 0) is 42.9 Å². The molecule has 154 valence electrons. The Morgan fingerprint density at radius 2 is 1.31 bits per heavy atom. The summed E-state index contributed by atoms with van der Waals surface area (Å²) in [5.41, 5.74) is 2.95. The summed E-state index contributed by atoms with van der Waals surface area (Å²) >= 11 is 0. The highest BCUT2D eigenvalue weighted by molar-refractivity contribution is 5.79. The van der Waals surface area contributed by atoms with Gasteiger partial charge >= 0.3 is 0 Å². The Bertz CT molecular complexity index is 825. The third kappa shape index (κ3) is 4.70. The van der Waals surface area contributed by atoms with Gasteiger partial charge in [0.2, 0.25) is 5.91 Å². The molecular weight excluding hydrogens is 367 g/mol. The van der Waals surface area contributed by atoms with Crippen LogP contribution in [-0.4, -0.2) is 75.1 Å². The molecule has 6 heteroatoms. The molecule has 4 rings (SSSR count). The first-order valence-electron chi connectivity index (χ1n) is 10.4. The number of anilines is 2. The van der Waals surface area contributed by atoms with Crippen molar-refractivity contribution in [1.82, 2.24) is 9.80 Å². The van der Waals surface area contributed by atoms with Crippen LogP contribution in [0.15, 0.2) is 48.5 Å². The number of amides is 1. The van der Waals surface area contributed by atoms with Crippen LogP contribution < -0.4 is 9.80 Å². The number of carbonyl (C=O) groups excluding carboxylic acids is 1. The molecule has 0 atom stereocenters. The number of hydrogen-bond acceptors (Lipinski definition) is 4. The van der Waals surface area contributed by atoms with Crippen LogP contribution in [0.25, 0.3) is 0 Å². The number of piperazine rings is 2.